The normalized spacial score (nSPS) is 16.8. The van der Waals surface area contributed by atoms with Gasteiger partial charge in [-0.3, -0.25) is 4.79 Å². The second-order valence-electron chi connectivity index (χ2n) is 4.47. The zero-order valence-corrected chi connectivity index (χ0v) is 10.1. The van der Waals surface area contributed by atoms with Crippen LogP contribution in [-0.2, 0) is 4.79 Å². The minimum absolute atomic E-state index is 0.00245. The van der Waals surface area contributed by atoms with Gasteiger partial charge in [0, 0.05) is 12.1 Å². The number of aryl methyl sites for hydroxylation is 1. The highest BCUT2D eigenvalue weighted by Gasteiger charge is 2.16. The van der Waals surface area contributed by atoms with Crippen LogP contribution in [-0.4, -0.2) is 23.7 Å². The minimum Gasteiger partial charge on any atom is -0.465 e. The van der Waals surface area contributed by atoms with Crippen molar-refractivity contribution in [3.05, 3.63) is 11.8 Å². The zero-order valence-electron chi connectivity index (χ0n) is 10.1. The molecule has 1 N–H and O–H groups in total. The highest BCUT2D eigenvalue weighted by atomic mass is 16.5. The molecular weight excluding hydrogens is 220 g/mol. The van der Waals surface area contributed by atoms with Gasteiger partial charge in [-0.15, -0.1) is 0 Å². The highest BCUT2D eigenvalue weighted by molar-refractivity contribution is 5.77. The zero-order chi connectivity index (χ0) is 12.1. The summed E-state index contributed by atoms with van der Waals surface area (Å²) in [6.07, 6.45) is 5.84. The summed E-state index contributed by atoms with van der Waals surface area (Å²) < 4.78 is 10.1. The van der Waals surface area contributed by atoms with Gasteiger partial charge < -0.3 is 14.6 Å². The second kappa shape index (κ2) is 5.70. The smallest absolute Gasteiger partial charge is 0.258 e. The van der Waals surface area contributed by atoms with E-state index < -0.39 is 0 Å². The molecule has 0 unspecified atom stereocenters. The van der Waals surface area contributed by atoms with Crippen LogP contribution in [0.4, 0.5) is 0 Å². The van der Waals surface area contributed by atoms with Gasteiger partial charge >= 0.3 is 0 Å². The molecule has 0 atom stereocenters. The van der Waals surface area contributed by atoms with E-state index in [9.17, 15) is 4.79 Å². The molecule has 0 spiro atoms. The van der Waals surface area contributed by atoms with E-state index in [0.29, 0.717) is 17.7 Å². The predicted molar refractivity (Wildman–Crippen MR) is 61.8 cm³/mol. The fourth-order valence-electron chi connectivity index (χ4n) is 2.07. The van der Waals surface area contributed by atoms with Crippen LogP contribution < -0.4 is 10.1 Å². The summed E-state index contributed by atoms with van der Waals surface area (Å²) in [6.45, 7) is 1.78. The first-order valence-corrected chi connectivity index (χ1v) is 6.09. The fraction of sp³-hybridized carbons (Fsp3) is 0.667. The Morgan fingerprint density at radius 1 is 1.53 bits per heavy atom. The first kappa shape index (κ1) is 12.0. The van der Waals surface area contributed by atoms with E-state index >= 15 is 0 Å². The number of nitrogens with zero attached hydrogens (tertiary/aromatic N) is 1. The van der Waals surface area contributed by atoms with E-state index in [0.717, 1.165) is 12.8 Å². The third-order valence-corrected chi connectivity index (χ3v) is 2.93. The summed E-state index contributed by atoms with van der Waals surface area (Å²) in [5.74, 6) is 0.950. The number of aromatic nitrogens is 1. The van der Waals surface area contributed by atoms with Crippen molar-refractivity contribution in [2.45, 2.75) is 45.1 Å². The molecule has 0 radical (unpaired) electrons. The van der Waals surface area contributed by atoms with Crippen LogP contribution >= 0.6 is 0 Å². The van der Waals surface area contributed by atoms with Gasteiger partial charge in [0.15, 0.2) is 6.61 Å². The number of carbonyl (C=O) groups excluding carboxylic acids is 1. The SMILES string of the molecule is Cc1cc(OCC(=O)NC2CCCCC2)no1. The van der Waals surface area contributed by atoms with Gasteiger partial charge in [0.2, 0.25) is 0 Å². The van der Waals surface area contributed by atoms with Gasteiger partial charge in [0.25, 0.3) is 11.8 Å². The summed E-state index contributed by atoms with van der Waals surface area (Å²) in [7, 11) is 0. The first-order chi connectivity index (χ1) is 8.24. The summed E-state index contributed by atoms with van der Waals surface area (Å²) in [4.78, 5) is 11.6. The topological polar surface area (TPSA) is 64.4 Å². The van der Waals surface area contributed by atoms with Crippen molar-refractivity contribution in [3.8, 4) is 5.88 Å². The van der Waals surface area contributed by atoms with Crippen molar-refractivity contribution in [1.82, 2.24) is 10.5 Å². The minimum atomic E-state index is -0.0856. The van der Waals surface area contributed by atoms with Gasteiger partial charge in [-0.25, -0.2) is 0 Å². The summed E-state index contributed by atoms with van der Waals surface area (Å²) >= 11 is 0. The van der Waals surface area contributed by atoms with Crippen LogP contribution in [0.15, 0.2) is 10.6 Å². The number of hydrogen-bond acceptors (Lipinski definition) is 4. The maximum Gasteiger partial charge on any atom is 0.258 e. The molecule has 2 rings (SSSR count). The van der Waals surface area contributed by atoms with Crippen molar-refractivity contribution in [1.29, 1.82) is 0 Å². The van der Waals surface area contributed by atoms with Crippen molar-refractivity contribution in [2.24, 2.45) is 0 Å². The molecular formula is C12H18N2O3. The van der Waals surface area contributed by atoms with Crippen LogP contribution in [0.5, 0.6) is 5.88 Å². The number of ether oxygens (including phenoxy) is 1. The van der Waals surface area contributed by atoms with Gasteiger partial charge in [0.1, 0.15) is 5.76 Å². The molecule has 0 aliphatic heterocycles. The molecule has 1 aromatic rings. The highest BCUT2D eigenvalue weighted by Crippen LogP contribution is 2.17. The van der Waals surface area contributed by atoms with Crippen LogP contribution in [0, 0.1) is 6.92 Å². The monoisotopic (exact) mass is 238 g/mol. The lowest BCUT2D eigenvalue weighted by molar-refractivity contribution is -0.124. The largest absolute Gasteiger partial charge is 0.465 e. The summed E-state index contributed by atoms with van der Waals surface area (Å²) in [6, 6.07) is 1.98. The fourth-order valence-corrected chi connectivity index (χ4v) is 2.07. The number of carbonyl (C=O) groups is 1. The Kier molecular flexibility index (Phi) is 4.01. The average Bonchev–Trinajstić information content (AvgIpc) is 2.74. The Morgan fingerprint density at radius 2 is 2.29 bits per heavy atom. The molecule has 17 heavy (non-hydrogen) atoms. The lowest BCUT2D eigenvalue weighted by Crippen LogP contribution is -2.38. The third-order valence-electron chi connectivity index (χ3n) is 2.93. The Bertz CT molecular complexity index is 370. The number of amides is 1. The molecule has 1 saturated carbocycles. The second-order valence-corrected chi connectivity index (χ2v) is 4.47. The van der Waals surface area contributed by atoms with Gasteiger partial charge in [-0.2, -0.15) is 0 Å². The van der Waals surface area contributed by atoms with E-state index in [1.165, 1.54) is 19.3 Å². The summed E-state index contributed by atoms with van der Waals surface area (Å²) in [5, 5.41) is 6.63. The third kappa shape index (κ3) is 3.76. The van der Waals surface area contributed by atoms with Crippen LogP contribution in [0.3, 0.4) is 0 Å². The van der Waals surface area contributed by atoms with E-state index in [-0.39, 0.29) is 12.5 Å². The molecule has 0 saturated heterocycles. The van der Waals surface area contributed by atoms with Gasteiger partial charge in [0.05, 0.1) is 0 Å². The Balaban J connectivity index is 1.70. The van der Waals surface area contributed by atoms with Crippen LogP contribution in [0.1, 0.15) is 37.9 Å². The summed E-state index contributed by atoms with van der Waals surface area (Å²) in [5.41, 5.74) is 0. The lowest BCUT2D eigenvalue weighted by Gasteiger charge is -2.22. The molecule has 94 valence electrons. The first-order valence-electron chi connectivity index (χ1n) is 6.09. The standard InChI is InChI=1S/C12H18N2O3/c1-9-7-12(14-17-9)16-8-11(15)13-10-5-3-2-4-6-10/h7,10H,2-6,8H2,1H3,(H,13,15). The van der Waals surface area contributed by atoms with Gasteiger partial charge in [-0.1, -0.05) is 19.3 Å². The van der Waals surface area contributed by atoms with E-state index in [4.69, 9.17) is 9.26 Å². The van der Waals surface area contributed by atoms with E-state index in [2.05, 4.69) is 10.5 Å². The Hall–Kier alpha value is -1.52. The molecule has 0 bridgehead atoms. The Labute approximate surface area is 101 Å². The molecule has 5 heteroatoms. The predicted octanol–water partition coefficient (Wildman–Crippen LogP) is 1.81. The van der Waals surface area contributed by atoms with Crippen molar-refractivity contribution < 1.29 is 14.1 Å². The molecule has 1 aliphatic rings. The van der Waals surface area contributed by atoms with Crippen LogP contribution in [0.25, 0.3) is 0 Å². The molecule has 1 amide bonds. The molecule has 0 aromatic carbocycles. The molecule has 5 nitrogen and oxygen atoms in total. The molecule has 1 aliphatic carbocycles. The van der Waals surface area contributed by atoms with Crippen molar-refractivity contribution in [3.63, 3.8) is 0 Å². The molecule has 1 heterocycles. The average molecular weight is 238 g/mol. The lowest BCUT2D eigenvalue weighted by atomic mass is 9.95. The number of rotatable bonds is 4. The van der Waals surface area contributed by atoms with E-state index in [1.807, 2.05) is 0 Å². The van der Waals surface area contributed by atoms with Crippen molar-refractivity contribution in [2.75, 3.05) is 6.61 Å². The molecule has 1 aromatic heterocycles. The molecule has 1 fully saturated rings. The maximum atomic E-state index is 11.6. The maximum absolute atomic E-state index is 11.6. The number of nitrogens with one attached hydrogen (secondary N) is 1. The van der Waals surface area contributed by atoms with Crippen LogP contribution in [0.2, 0.25) is 0 Å². The Morgan fingerprint density at radius 3 is 2.94 bits per heavy atom. The van der Waals surface area contributed by atoms with Gasteiger partial charge in [-0.05, 0) is 24.9 Å². The number of hydrogen-bond donors (Lipinski definition) is 1. The van der Waals surface area contributed by atoms with E-state index in [1.54, 1.807) is 13.0 Å². The quantitative estimate of drug-likeness (QED) is 0.868. The van der Waals surface area contributed by atoms with Crippen molar-refractivity contribution >= 4 is 5.91 Å².